The molecular weight excluding hydrogens is 308 g/mol. The molecule has 1 aliphatic rings. The van der Waals surface area contributed by atoms with E-state index in [2.05, 4.69) is 5.10 Å². The van der Waals surface area contributed by atoms with Crippen molar-refractivity contribution in [3.8, 4) is 0 Å². The molecule has 0 atom stereocenters. The standard InChI is InChI=1S/C17H20N4O3/c1-19(8-7-13-5-3-2-4-6-13)17(24)20-9-10-21-15(12-20)14(11-18-21)16(22)23/h2-6,11H,7-10,12H2,1H3,(H,22,23). The Balaban J connectivity index is 1.63. The summed E-state index contributed by atoms with van der Waals surface area (Å²) in [6.07, 6.45) is 2.14. The summed E-state index contributed by atoms with van der Waals surface area (Å²) in [6.45, 7) is 1.93. The summed E-state index contributed by atoms with van der Waals surface area (Å²) < 4.78 is 1.66. The highest BCUT2D eigenvalue weighted by Crippen LogP contribution is 2.17. The minimum absolute atomic E-state index is 0.0882. The molecule has 1 N–H and O–H groups in total. The first-order valence-electron chi connectivity index (χ1n) is 7.88. The van der Waals surface area contributed by atoms with Gasteiger partial charge in [0.15, 0.2) is 0 Å². The molecule has 0 saturated carbocycles. The fourth-order valence-corrected chi connectivity index (χ4v) is 2.87. The molecule has 0 spiro atoms. The van der Waals surface area contributed by atoms with Crippen molar-refractivity contribution in [3.05, 3.63) is 53.3 Å². The van der Waals surface area contributed by atoms with Gasteiger partial charge in [0.1, 0.15) is 5.56 Å². The maximum atomic E-state index is 12.6. The van der Waals surface area contributed by atoms with Crippen LogP contribution >= 0.6 is 0 Å². The van der Waals surface area contributed by atoms with E-state index in [1.165, 1.54) is 11.8 Å². The number of fused-ring (bicyclic) bond motifs is 1. The number of aromatic carboxylic acids is 1. The molecule has 2 aromatic rings. The molecule has 2 heterocycles. The van der Waals surface area contributed by atoms with Crippen LogP contribution in [0.1, 0.15) is 21.6 Å². The number of hydrogen-bond acceptors (Lipinski definition) is 3. The summed E-state index contributed by atoms with van der Waals surface area (Å²) in [6, 6.07) is 9.92. The second-order valence-corrected chi connectivity index (χ2v) is 5.89. The van der Waals surface area contributed by atoms with E-state index in [9.17, 15) is 14.7 Å². The van der Waals surface area contributed by atoms with E-state index in [-0.39, 0.29) is 18.1 Å². The lowest BCUT2D eigenvalue weighted by Gasteiger charge is -2.31. The van der Waals surface area contributed by atoms with Crippen LogP contribution in [0, 0.1) is 0 Å². The van der Waals surface area contributed by atoms with Crippen LogP contribution in [0.4, 0.5) is 4.79 Å². The van der Waals surface area contributed by atoms with Crippen molar-refractivity contribution >= 4 is 12.0 Å². The van der Waals surface area contributed by atoms with Crippen LogP contribution in [0.2, 0.25) is 0 Å². The fourth-order valence-electron chi connectivity index (χ4n) is 2.87. The number of carboxylic acids is 1. The summed E-state index contributed by atoms with van der Waals surface area (Å²) in [4.78, 5) is 27.2. The normalized spacial score (nSPS) is 13.5. The predicted molar refractivity (Wildman–Crippen MR) is 87.8 cm³/mol. The lowest BCUT2D eigenvalue weighted by molar-refractivity contribution is 0.0692. The zero-order chi connectivity index (χ0) is 17.1. The Bertz CT molecular complexity index is 742. The molecule has 0 radical (unpaired) electrons. The minimum atomic E-state index is -1.01. The molecule has 1 aliphatic heterocycles. The van der Waals surface area contributed by atoms with Gasteiger partial charge in [0, 0.05) is 20.1 Å². The molecule has 0 unspecified atom stereocenters. The first-order chi connectivity index (χ1) is 11.6. The van der Waals surface area contributed by atoms with Crippen molar-refractivity contribution in [2.24, 2.45) is 0 Å². The van der Waals surface area contributed by atoms with Crippen molar-refractivity contribution in [1.82, 2.24) is 19.6 Å². The van der Waals surface area contributed by atoms with Gasteiger partial charge in [-0.3, -0.25) is 4.68 Å². The highest BCUT2D eigenvalue weighted by atomic mass is 16.4. The number of benzene rings is 1. The zero-order valence-electron chi connectivity index (χ0n) is 13.6. The van der Waals surface area contributed by atoms with E-state index in [1.807, 2.05) is 30.3 Å². The smallest absolute Gasteiger partial charge is 0.339 e. The van der Waals surface area contributed by atoms with Gasteiger partial charge >= 0.3 is 12.0 Å². The molecule has 0 bridgehead atoms. The third-order valence-corrected chi connectivity index (χ3v) is 4.28. The number of nitrogens with zero attached hydrogens (tertiary/aromatic N) is 4. The van der Waals surface area contributed by atoms with Gasteiger partial charge in [-0.15, -0.1) is 0 Å². The van der Waals surface area contributed by atoms with Crippen molar-refractivity contribution in [2.45, 2.75) is 19.5 Å². The number of carboxylic acid groups (broad SMARTS) is 1. The number of likely N-dealkylation sites (N-methyl/N-ethyl adjacent to an activating group) is 1. The van der Waals surface area contributed by atoms with Crippen LogP contribution in [-0.4, -0.2) is 56.8 Å². The minimum Gasteiger partial charge on any atom is -0.478 e. The van der Waals surface area contributed by atoms with Crippen LogP contribution in [-0.2, 0) is 19.5 Å². The first kappa shape index (κ1) is 16.0. The van der Waals surface area contributed by atoms with Gasteiger partial charge in [-0.2, -0.15) is 5.10 Å². The molecule has 3 rings (SSSR count). The first-order valence-corrected chi connectivity index (χ1v) is 7.88. The summed E-state index contributed by atoms with van der Waals surface area (Å²) in [5.41, 5.74) is 1.93. The Morgan fingerprint density at radius 1 is 1.25 bits per heavy atom. The Kier molecular flexibility index (Phi) is 4.50. The molecule has 7 heteroatoms. The average molecular weight is 328 g/mol. The molecule has 126 valence electrons. The van der Waals surface area contributed by atoms with Gasteiger partial charge < -0.3 is 14.9 Å². The van der Waals surface area contributed by atoms with Crippen LogP contribution in [0.25, 0.3) is 0 Å². The van der Waals surface area contributed by atoms with Gasteiger partial charge in [-0.05, 0) is 12.0 Å². The average Bonchev–Trinajstić information content (AvgIpc) is 3.03. The van der Waals surface area contributed by atoms with Crippen LogP contribution in [0.3, 0.4) is 0 Å². The van der Waals surface area contributed by atoms with Gasteiger partial charge in [0.2, 0.25) is 0 Å². The fraction of sp³-hybridized carbons (Fsp3) is 0.353. The molecule has 7 nitrogen and oxygen atoms in total. The van der Waals surface area contributed by atoms with E-state index >= 15 is 0 Å². The SMILES string of the molecule is CN(CCc1ccccc1)C(=O)N1CCn2ncc(C(=O)O)c2C1. The third kappa shape index (κ3) is 3.24. The quantitative estimate of drug-likeness (QED) is 0.926. The number of carbonyl (C=O) groups excluding carboxylic acids is 1. The van der Waals surface area contributed by atoms with Crippen molar-refractivity contribution in [2.75, 3.05) is 20.1 Å². The summed E-state index contributed by atoms with van der Waals surface area (Å²) >= 11 is 0. The molecule has 0 aliphatic carbocycles. The third-order valence-electron chi connectivity index (χ3n) is 4.28. The topological polar surface area (TPSA) is 78.7 Å². The Morgan fingerprint density at radius 3 is 2.71 bits per heavy atom. The summed E-state index contributed by atoms with van der Waals surface area (Å²) in [5, 5.41) is 13.3. The number of amides is 2. The summed E-state index contributed by atoms with van der Waals surface area (Å²) in [7, 11) is 1.77. The van der Waals surface area contributed by atoms with E-state index in [4.69, 9.17) is 0 Å². The van der Waals surface area contributed by atoms with E-state index in [1.54, 1.807) is 21.5 Å². The Morgan fingerprint density at radius 2 is 2.00 bits per heavy atom. The van der Waals surface area contributed by atoms with E-state index < -0.39 is 5.97 Å². The lowest BCUT2D eigenvalue weighted by atomic mass is 10.1. The highest BCUT2D eigenvalue weighted by Gasteiger charge is 2.27. The zero-order valence-corrected chi connectivity index (χ0v) is 13.6. The molecule has 0 saturated heterocycles. The van der Waals surface area contributed by atoms with Gasteiger partial charge in [0.25, 0.3) is 0 Å². The summed E-state index contributed by atoms with van der Waals surface area (Å²) in [5.74, 6) is -1.01. The number of urea groups is 1. The van der Waals surface area contributed by atoms with Gasteiger partial charge in [-0.1, -0.05) is 30.3 Å². The second-order valence-electron chi connectivity index (χ2n) is 5.89. The van der Waals surface area contributed by atoms with Crippen LogP contribution in [0.15, 0.2) is 36.5 Å². The molecule has 1 aromatic heterocycles. The number of carbonyl (C=O) groups is 2. The monoisotopic (exact) mass is 328 g/mol. The molecule has 0 fully saturated rings. The van der Waals surface area contributed by atoms with Crippen molar-refractivity contribution < 1.29 is 14.7 Å². The highest BCUT2D eigenvalue weighted by molar-refractivity contribution is 5.88. The van der Waals surface area contributed by atoms with Crippen LogP contribution in [0.5, 0.6) is 0 Å². The van der Waals surface area contributed by atoms with E-state index in [0.29, 0.717) is 25.3 Å². The maximum Gasteiger partial charge on any atom is 0.339 e. The van der Waals surface area contributed by atoms with Crippen molar-refractivity contribution in [3.63, 3.8) is 0 Å². The van der Waals surface area contributed by atoms with Gasteiger partial charge in [0.05, 0.1) is 25.0 Å². The number of aromatic nitrogens is 2. The van der Waals surface area contributed by atoms with Crippen molar-refractivity contribution in [1.29, 1.82) is 0 Å². The van der Waals surface area contributed by atoms with Gasteiger partial charge in [-0.25, -0.2) is 9.59 Å². The van der Waals surface area contributed by atoms with Crippen LogP contribution < -0.4 is 0 Å². The largest absolute Gasteiger partial charge is 0.478 e. The lowest BCUT2D eigenvalue weighted by Crippen LogP contribution is -2.45. The Labute approximate surface area is 140 Å². The maximum absolute atomic E-state index is 12.6. The predicted octanol–water partition coefficient (Wildman–Crippen LogP) is 1.69. The molecule has 2 amide bonds. The second kappa shape index (κ2) is 6.74. The van der Waals surface area contributed by atoms with E-state index in [0.717, 1.165) is 6.42 Å². The molecular formula is C17H20N4O3. The number of rotatable bonds is 4. The molecule has 24 heavy (non-hydrogen) atoms. The molecule has 1 aromatic carbocycles. The number of hydrogen-bond donors (Lipinski definition) is 1. The Hall–Kier alpha value is -2.83.